The van der Waals surface area contributed by atoms with Crippen molar-refractivity contribution in [2.24, 2.45) is 0 Å². The molecule has 3 aromatic heterocycles. The minimum absolute atomic E-state index is 0.0935. The number of aromatic nitrogens is 4. The lowest BCUT2D eigenvalue weighted by Crippen LogP contribution is -2.20. The van der Waals surface area contributed by atoms with Crippen LogP contribution in [0.5, 0.6) is 0 Å². The average Bonchev–Trinajstić information content (AvgIpc) is 3.15. The van der Waals surface area contributed by atoms with Crippen LogP contribution in [0.4, 0.5) is 5.69 Å². The first kappa shape index (κ1) is 20.3. The van der Waals surface area contributed by atoms with Crippen molar-refractivity contribution in [3.8, 4) is 5.82 Å². The lowest BCUT2D eigenvalue weighted by atomic mass is 10.2. The topological polar surface area (TPSA) is 91.0 Å². The van der Waals surface area contributed by atoms with Gasteiger partial charge >= 0.3 is 5.97 Å². The number of aryl methyl sites for hydroxylation is 3. The second kappa shape index (κ2) is 8.30. The van der Waals surface area contributed by atoms with E-state index in [1.54, 1.807) is 47.5 Å². The van der Waals surface area contributed by atoms with Crippen LogP contribution in [0.1, 0.15) is 40.1 Å². The Kier molecular flexibility index (Phi) is 5.81. The number of esters is 1. The van der Waals surface area contributed by atoms with Crippen molar-refractivity contribution < 1.29 is 14.3 Å². The fraction of sp³-hybridized carbons (Fsp3) is 0.333. The summed E-state index contributed by atoms with van der Waals surface area (Å²) in [6, 6.07) is 7.31. The second-order valence-electron chi connectivity index (χ2n) is 6.88. The molecule has 8 heteroatoms. The molecule has 29 heavy (non-hydrogen) atoms. The summed E-state index contributed by atoms with van der Waals surface area (Å²) in [6.45, 7) is 9.71. The predicted molar refractivity (Wildman–Crippen MR) is 109 cm³/mol. The number of anilines is 1. The minimum Gasteiger partial charge on any atom is -0.462 e. The molecule has 8 nitrogen and oxygen atoms in total. The third-order valence-corrected chi connectivity index (χ3v) is 4.63. The molecule has 0 radical (unpaired) electrons. The first-order chi connectivity index (χ1) is 13.8. The van der Waals surface area contributed by atoms with E-state index in [0.717, 1.165) is 17.1 Å². The summed E-state index contributed by atoms with van der Waals surface area (Å²) in [7, 11) is 0. The van der Waals surface area contributed by atoms with Crippen LogP contribution < -0.4 is 5.32 Å². The standard InChI is InChI=1S/C21H25N5O3/c1-6-29-21(28)18-10-14(3)25(16(18)5)12-20(27)23-17-7-8-19(22-11-17)26-15(4)9-13(2)24-26/h7-11H,6,12H2,1-5H3,(H,23,27). The monoisotopic (exact) mass is 395 g/mol. The molecule has 3 heterocycles. The second-order valence-corrected chi connectivity index (χ2v) is 6.88. The Bertz CT molecular complexity index is 1050. The number of amides is 1. The predicted octanol–water partition coefficient (Wildman–Crippen LogP) is 3.12. The summed E-state index contributed by atoms with van der Waals surface area (Å²) < 4.78 is 8.61. The lowest BCUT2D eigenvalue weighted by molar-refractivity contribution is -0.116. The maximum absolute atomic E-state index is 12.5. The van der Waals surface area contributed by atoms with Crippen molar-refractivity contribution in [1.29, 1.82) is 0 Å². The SMILES string of the molecule is CCOC(=O)c1cc(C)n(CC(=O)Nc2ccc(-n3nc(C)cc3C)nc2)c1C. The van der Waals surface area contributed by atoms with Gasteiger partial charge in [0.15, 0.2) is 5.82 Å². The zero-order valence-electron chi connectivity index (χ0n) is 17.3. The number of hydrogen-bond donors (Lipinski definition) is 1. The normalized spacial score (nSPS) is 10.8. The highest BCUT2D eigenvalue weighted by Crippen LogP contribution is 2.17. The average molecular weight is 395 g/mol. The molecule has 0 saturated carbocycles. The van der Waals surface area contributed by atoms with Crippen molar-refractivity contribution in [1.82, 2.24) is 19.3 Å². The molecule has 0 atom stereocenters. The molecule has 0 aromatic carbocycles. The van der Waals surface area contributed by atoms with Crippen LogP contribution in [0.15, 0.2) is 30.5 Å². The summed E-state index contributed by atoms with van der Waals surface area (Å²) in [5.41, 5.74) is 4.50. The van der Waals surface area contributed by atoms with E-state index in [9.17, 15) is 9.59 Å². The van der Waals surface area contributed by atoms with E-state index in [1.165, 1.54) is 0 Å². The first-order valence-corrected chi connectivity index (χ1v) is 9.43. The molecule has 3 aromatic rings. The molecular weight excluding hydrogens is 370 g/mol. The Morgan fingerprint density at radius 3 is 2.45 bits per heavy atom. The number of carbonyl (C=O) groups excluding carboxylic acids is 2. The fourth-order valence-electron chi connectivity index (χ4n) is 3.25. The molecule has 0 fully saturated rings. The Hall–Kier alpha value is -3.42. The Morgan fingerprint density at radius 2 is 1.86 bits per heavy atom. The van der Waals surface area contributed by atoms with Gasteiger partial charge in [-0.25, -0.2) is 14.5 Å². The summed E-state index contributed by atoms with van der Waals surface area (Å²) >= 11 is 0. The van der Waals surface area contributed by atoms with Crippen LogP contribution in [-0.2, 0) is 16.1 Å². The van der Waals surface area contributed by atoms with Crippen molar-refractivity contribution >= 4 is 17.6 Å². The van der Waals surface area contributed by atoms with E-state index < -0.39 is 0 Å². The molecular formula is C21H25N5O3. The van der Waals surface area contributed by atoms with E-state index in [4.69, 9.17) is 4.74 Å². The number of nitrogens with zero attached hydrogens (tertiary/aromatic N) is 4. The van der Waals surface area contributed by atoms with Crippen molar-refractivity contribution in [3.05, 3.63) is 58.8 Å². The van der Waals surface area contributed by atoms with E-state index in [2.05, 4.69) is 15.4 Å². The van der Waals surface area contributed by atoms with Gasteiger partial charge in [0.05, 0.1) is 29.7 Å². The smallest absolute Gasteiger partial charge is 0.339 e. The van der Waals surface area contributed by atoms with Crippen LogP contribution in [0.2, 0.25) is 0 Å². The molecule has 3 rings (SSSR count). The van der Waals surface area contributed by atoms with Crippen molar-refractivity contribution in [3.63, 3.8) is 0 Å². The third kappa shape index (κ3) is 4.37. The van der Waals surface area contributed by atoms with Gasteiger partial charge in [0.25, 0.3) is 0 Å². The summed E-state index contributed by atoms with van der Waals surface area (Å²) in [6.07, 6.45) is 1.60. The molecule has 0 bridgehead atoms. The summed E-state index contributed by atoms with van der Waals surface area (Å²) in [5, 5.41) is 7.24. The van der Waals surface area contributed by atoms with E-state index in [0.29, 0.717) is 29.4 Å². The maximum Gasteiger partial charge on any atom is 0.339 e. The maximum atomic E-state index is 12.5. The Morgan fingerprint density at radius 1 is 1.10 bits per heavy atom. The molecule has 1 N–H and O–H groups in total. The first-order valence-electron chi connectivity index (χ1n) is 9.43. The molecule has 1 amide bonds. The zero-order valence-corrected chi connectivity index (χ0v) is 17.3. The van der Waals surface area contributed by atoms with E-state index in [-0.39, 0.29) is 18.4 Å². The molecule has 0 aliphatic carbocycles. The largest absolute Gasteiger partial charge is 0.462 e. The number of carbonyl (C=O) groups is 2. The highest BCUT2D eigenvalue weighted by atomic mass is 16.5. The van der Waals surface area contributed by atoms with Gasteiger partial charge < -0.3 is 14.6 Å². The van der Waals surface area contributed by atoms with Gasteiger partial charge in [-0.3, -0.25) is 4.79 Å². The van der Waals surface area contributed by atoms with Gasteiger partial charge in [0.2, 0.25) is 5.91 Å². The highest BCUT2D eigenvalue weighted by Gasteiger charge is 2.18. The molecule has 0 saturated heterocycles. The number of rotatable bonds is 6. The van der Waals surface area contributed by atoms with Gasteiger partial charge in [-0.1, -0.05) is 0 Å². The minimum atomic E-state index is -0.379. The molecule has 0 aliphatic heterocycles. The summed E-state index contributed by atoms with van der Waals surface area (Å²) in [5.74, 6) is 0.101. The van der Waals surface area contributed by atoms with Gasteiger partial charge in [0.1, 0.15) is 6.54 Å². The molecule has 0 unspecified atom stereocenters. The Balaban J connectivity index is 1.70. The van der Waals surface area contributed by atoms with E-state index >= 15 is 0 Å². The number of nitrogens with one attached hydrogen (secondary N) is 1. The Labute approximate surface area is 169 Å². The van der Waals surface area contributed by atoms with Crippen LogP contribution in [0, 0.1) is 27.7 Å². The van der Waals surface area contributed by atoms with Crippen LogP contribution >= 0.6 is 0 Å². The number of ether oxygens (including phenoxy) is 1. The number of pyridine rings is 1. The van der Waals surface area contributed by atoms with Gasteiger partial charge in [-0.05, 0) is 58.9 Å². The van der Waals surface area contributed by atoms with Crippen LogP contribution in [0.3, 0.4) is 0 Å². The van der Waals surface area contributed by atoms with Crippen LogP contribution in [-0.4, -0.2) is 37.8 Å². The highest BCUT2D eigenvalue weighted by molar-refractivity contribution is 5.93. The lowest BCUT2D eigenvalue weighted by Gasteiger charge is -2.11. The number of hydrogen-bond acceptors (Lipinski definition) is 5. The molecule has 0 aliphatic rings. The summed E-state index contributed by atoms with van der Waals surface area (Å²) in [4.78, 5) is 28.9. The van der Waals surface area contributed by atoms with Gasteiger partial charge in [0, 0.05) is 17.1 Å². The van der Waals surface area contributed by atoms with Crippen LogP contribution in [0.25, 0.3) is 5.82 Å². The van der Waals surface area contributed by atoms with Gasteiger partial charge in [-0.2, -0.15) is 5.10 Å². The fourth-order valence-corrected chi connectivity index (χ4v) is 3.25. The van der Waals surface area contributed by atoms with E-state index in [1.807, 2.05) is 26.8 Å². The van der Waals surface area contributed by atoms with Crippen molar-refractivity contribution in [2.45, 2.75) is 41.2 Å². The van der Waals surface area contributed by atoms with Crippen molar-refractivity contribution in [2.75, 3.05) is 11.9 Å². The third-order valence-electron chi connectivity index (χ3n) is 4.63. The quantitative estimate of drug-likeness (QED) is 0.648. The molecule has 152 valence electrons. The zero-order chi connectivity index (χ0) is 21.1. The molecule has 0 spiro atoms. The van der Waals surface area contributed by atoms with Gasteiger partial charge in [-0.15, -0.1) is 0 Å².